The van der Waals surface area contributed by atoms with Gasteiger partial charge in [-0.2, -0.15) is 0 Å². The quantitative estimate of drug-likeness (QED) is 0.196. The molecule has 0 unspecified atom stereocenters. The highest BCUT2D eigenvalue weighted by molar-refractivity contribution is 5.74. The zero-order valence-electron chi connectivity index (χ0n) is 23.3. The fourth-order valence-electron chi connectivity index (χ4n) is 6.81. The number of aliphatic hydroxyl groups excluding tert-OH is 1. The Labute approximate surface area is 209 Å². The summed E-state index contributed by atoms with van der Waals surface area (Å²) in [6.07, 6.45) is 14.1. The lowest BCUT2D eigenvalue weighted by molar-refractivity contribution is -0.115. The third-order valence-electron chi connectivity index (χ3n) is 10.1. The lowest BCUT2D eigenvalue weighted by Crippen LogP contribution is -2.52. The van der Waals surface area contributed by atoms with Crippen LogP contribution in [-0.4, -0.2) is 28.7 Å². The molecule has 2 rings (SSSR count). The van der Waals surface area contributed by atoms with Gasteiger partial charge in [0.15, 0.2) is 0 Å². The molecule has 0 amide bonds. The molecule has 1 fully saturated rings. The SMILES string of the molecule is CC1=CC[C@H](C)C(C)(C)[C@@H]1CC/C(C)=C\CC[C@@]1(C)[C@H](CCCO)/C(=C(/C)C=O)CC[C@]1(C)O. The van der Waals surface area contributed by atoms with Gasteiger partial charge in [-0.1, -0.05) is 56.6 Å². The molecule has 2 aliphatic carbocycles. The number of carbonyl (C=O) groups excluding carboxylic acids is 1. The lowest BCUT2D eigenvalue weighted by Gasteiger charge is -2.53. The van der Waals surface area contributed by atoms with Gasteiger partial charge in [-0.25, -0.2) is 0 Å². The largest absolute Gasteiger partial charge is 0.396 e. The van der Waals surface area contributed by atoms with Crippen LogP contribution in [0.4, 0.5) is 0 Å². The van der Waals surface area contributed by atoms with Crippen molar-refractivity contribution in [2.75, 3.05) is 6.61 Å². The maximum absolute atomic E-state index is 11.6. The van der Waals surface area contributed by atoms with Crippen LogP contribution in [0.3, 0.4) is 0 Å². The van der Waals surface area contributed by atoms with Gasteiger partial charge in [-0.3, -0.25) is 4.79 Å². The molecule has 0 heterocycles. The summed E-state index contributed by atoms with van der Waals surface area (Å²) in [5, 5.41) is 21.0. The van der Waals surface area contributed by atoms with E-state index in [9.17, 15) is 15.0 Å². The molecule has 0 saturated heterocycles. The Morgan fingerprint density at radius 2 is 1.82 bits per heavy atom. The highest BCUT2D eigenvalue weighted by Gasteiger charge is 2.52. The normalized spacial score (nSPS) is 35.6. The van der Waals surface area contributed by atoms with Crippen LogP contribution >= 0.6 is 0 Å². The van der Waals surface area contributed by atoms with Gasteiger partial charge in [0, 0.05) is 12.0 Å². The smallest absolute Gasteiger partial charge is 0.145 e. The third-order valence-corrected chi connectivity index (χ3v) is 10.1. The van der Waals surface area contributed by atoms with Gasteiger partial charge >= 0.3 is 0 Å². The zero-order chi connectivity index (χ0) is 25.7. The molecule has 3 nitrogen and oxygen atoms in total. The molecular weight excluding hydrogens is 420 g/mol. The highest BCUT2D eigenvalue weighted by atomic mass is 16.3. The molecule has 0 radical (unpaired) electrons. The van der Waals surface area contributed by atoms with Crippen molar-refractivity contribution in [1.29, 1.82) is 0 Å². The van der Waals surface area contributed by atoms with Gasteiger partial charge in [0.2, 0.25) is 0 Å². The average Bonchev–Trinajstić information content (AvgIpc) is 2.77. The number of rotatable bonds is 10. The Balaban J connectivity index is 2.14. The van der Waals surface area contributed by atoms with Gasteiger partial charge in [0.25, 0.3) is 0 Å². The van der Waals surface area contributed by atoms with Crippen molar-refractivity contribution < 1.29 is 15.0 Å². The van der Waals surface area contributed by atoms with Gasteiger partial charge in [0.1, 0.15) is 6.29 Å². The van der Waals surface area contributed by atoms with Crippen LogP contribution in [0.5, 0.6) is 0 Å². The molecule has 0 aromatic heterocycles. The van der Waals surface area contributed by atoms with E-state index in [0.29, 0.717) is 30.1 Å². The topological polar surface area (TPSA) is 57.5 Å². The Morgan fingerprint density at radius 3 is 2.44 bits per heavy atom. The second-order valence-electron chi connectivity index (χ2n) is 12.5. The molecule has 2 N–H and O–H groups in total. The minimum Gasteiger partial charge on any atom is -0.396 e. The molecule has 194 valence electrons. The van der Waals surface area contributed by atoms with E-state index >= 15 is 0 Å². The van der Waals surface area contributed by atoms with Crippen molar-refractivity contribution in [1.82, 2.24) is 0 Å². The Morgan fingerprint density at radius 1 is 1.15 bits per heavy atom. The highest BCUT2D eigenvalue weighted by Crippen LogP contribution is 2.55. The first kappa shape index (κ1) is 29.0. The Kier molecular flexibility index (Phi) is 9.99. The van der Waals surface area contributed by atoms with Crippen LogP contribution in [0.25, 0.3) is 0 Å². The molecule has 0 aromatic rings. The van der Waals surface area contributed by atoms with Crippen LogP contribution in [0.2, 0.25) is 0 Å². The summed E-state index contributed by atoms with van der Waals surface area (Å²) < 4.78 is 0. The van der Waals surface area contributed by atoms with Crippen LogP contribution in [0.15, 0.2) is 34.4 Å². The van der Waals surface area contributed by atoms with Gasteiger partial charge in [-0.15, -0.1) is 0 Å². The molecule has 5 atom stereocenters. The second kappa shape index (κ2) is 11.7. The van der Waals surface area contributed by atoms with Crippen molar-refractivity contribution >= 4 is 6.29 Å². The molecular formula is C31H52O3. The molecule has 2 aliphatic rings. The van der Waals surface area contributed by atoms with Gasteiger partial charge < -0.3 is 10.2 Å². The van der Waals surface area contributed by atoms with E-state index < -0.39 is 5.60 Å². The maximum atomic E-state index is 11.6. The Bertz CT molecular complexity index is 797. The van der Waals surface area contributed by atoms with Crippen molar-refractivity contribution in [2.45, 2.75) is 119 Å². The molecule has 3 heteroatoms. The van der Waals surface area contributed by atoms with Crippen molar-refractivity contribution in [3.63, 3.8) is 0 Å². The van der Waals surface area contributed by atoms with E-state index in [1.807, 2.05) is 13.8 Å². The third kappa shape index (κ3) is 6.13. The summed E-state index contributed by atoms with van der Waals surface area (Å²) in [6, 6.07) is 0. The number of allylic oxidation sites excluding steroid dienone is 6. The first-order chi connectivity index (χ1) is 15.8. The average molecular weight is 473 g/mol. The minimum absolute atomic E-state index is 0.125. The monoisotopic (exact) mass is 472 g/mol. The molecule has 0 spiro atoms. The van der Waals surface area contributed by atoms with Crippen LogP contribution in [-0.2, 0) is 4.79 Å². The van der Waals surface area contributed by atoms with Crippen LogP contribution < -0.4 is 0 Å². The van der Waals surface area contributed by atoms with Crippen LogP contribution in [0, 0.1) is 28.6 Å². The van der Waals surface area contributed by atoms with Gasteiger partial charge in [-0.05, 0) is 114 Å². The standard InChI is InChI=1S/C31H52O3/c1-22(13-16-27-23(2)14-15-25(4)29(27,5)6)11-9-18-30(7)28(12-10-20-32)26(24(3)21-33)17-19-31(30,8)34/h11,14,21,25,27-28,32,34H,9-10,12-13,15-20H2,1-8H3/b22-11-,26-24-/t25-,27+,28+,30-,31-/m0/s1. The number of hydrogen-bond donors (Lipinski definition) is 2. The van der Waals surface area contributed by atoms with Crippen molar-refractivity contribution in [3.8, 4) is 0 Å². The van der Waals surface area contributed by atoms with Gasteiger partial charge in [0.05, 0.1) is 5.60 Å². The molecule has 0 aromatic carbocycles. The molecule has 0 aliphatic heterocycles. The fraction of sp³-hybridized carbons (Fsp3) is 0.774. The fourth-order valence-corrected chi connectivity index (χ4v) is 6.81. The van der Waals surface area contributed by atoms with E-state index in [0.717, 1.165) is 44.0 Å². The summed E-state index contributed by atoms with van der Waals surface area (Å²) in [6.45, 7) is 18.0. The lowest BCUT2D eigenvalue weighted by atomic mass is 9.54. The molecule has 34 heavy (non-hydrogen) atoms. The van der Waals surface area contributed by atoms with E-state index in [1.54, 1.807) is 5.57 Å². The van der Waals surface area contributed by atoms with E-state index in [1.165, 1.54) is 24.0 Å². The van der Waals surface area contributed by atoms with Crippen LogP contribution in [0.1, 0.15) is 113 Å². The van der Waals surface area contributed by atoms with Crippen molar-refractivity contribution in [2.24, 2.45) is 28.6 Å². The predicted molar refractivity (Wildman–Crippen MR) is 144 cm³/mol. The minimum atomic E-state index is -0.786. The predicted octanol–water partition coefficient (Wildman–Crippen LogP) is 7.58. The summed E-state index contributed by atoms with van der Waals surface area (Å²) >= 11 is 0. The summed E-state index contributed by atoms with van der Waals surface area (Å²) in [7, 11) is 0. The first-order valence-corrected chi connectivity index (χ1v) is 13.6. The van der Waals surface area contributed by atoms with E-state index in [2.05, 4.69) is 53.7 Å². The van der Waals surface area contributed by atoms with E-state index in [4.69, 9.17) is 0 Å². The summed E-state index contributed by atoms with van der Waals surface area (Å²) in [5.74, 6) is 1.48. The zero-order valence-corrected chi connectivity index (χ0v) is 23.3. The summed E-state index contributed by atoms with van der Waals surface area (Å²) in [5.41, 5.74) is 4.22. The number of aliphatic hydroxyl groups is 2. The van der Waals surface area contributed by atoms with E-state index in [-0.39, 0.29) is 17.9 Å². The number of carbonyl (C=O) groups is 1. The maximum Gasteiger partial charge on any atom is 0.145 e. The van der Waals surface area contributed by atoms with Crippen molar-refractivity contribution in [3.05, 3.63) is 34.4 Å². The summed E-state index contributed by atoms with van der Waals surface area (Å²) in [4.78, 5) is 11.6. The second-order valence-corrected chi connectivity index (χ2v) is 12.5. The molecule has 1 saturated carbocycles. The Hall–Kier alpha value is -1.19. The number of aldehydes is 1. The number of hydrogen-bond acceptors (Lipinski definition) is 3. The molecule has 0 bridgehead atoms. The first-order valence-electron chi connectivity index (χ1n) is 13.6.